The minimum atomic E-state index is -0.0263. The number of benzene rings is 2. The summed E-state index contributed by atoms with van der Waals surface area (Å²) >= 11 is 1.72. The Kier molecular flexibility index (Phi) is 7.22. The molecule has 1 aromatic heterocycles. The fourth-order valence-corrected chi connectivity index (χ4v) is 4.95. The van der Waals surface area contributed by atoms with Gasteiger partial charge in [-0.25, -0.2) is 0 Å². The Morgan fingerprint density at radius 1 is 1.12 bits per heavy atom. The standard InChI is InChI=1S/C26H28N2O3S/c1-31-22-10-3-7-19(18-22)24-13-5-15-28(24)26(30)20-8-2-9-21(17-20)27-25(29)14-4-11-23-12-6-16-32-23/h2-3,6-10,12,16-18,24H,4-5,11,13-15H2,1H3,(H,27,29). The van der Waals surface area contributed by atoms with Gasteiger partial charge < -0.3 is 15.0 Å². The SMILES string of the molecule is COc1cccc(C2CCCN2C(=O)c2cccc(NC(=O)CCCc3cccs3)c2)c1. The smallest absolute Gasteiger partial charge is 0.254 e. The first-order valence-electron chi connectivity index (χ1n) is 11.0. The Morgan fingerprint density at radius 2 is 2.00 bits per heavy atom. The highest BCUT2D eigenvalue weighted by Crippen LogP contribution is 2.34. The van der Waals surface area contributed by atoms with Gasteiger partial charge in [0.1, 0.15) is 5.75 Å². The van der Waals surface area contributed by atoms with Crippen molar-refractivity contribution in [2.45, 2.75) is 38.1 Å². The second kappa shape index (κ2) is 10.5. The topological polar surface area (TPSA) is 58.6 Å². The summed E-state index contributed by atoms with van der Waals surface area (Å²) in [5.41, 5.74) is 2.34. The summed E-state index contributed by atoms with van der Waals surface area (Å²) in [5.74, 6) is 0.760. The van der Waals surface area contributed by atoms with Gasteiger partial charge in [0.2, 0.25) is 5.91 Å². The molecule has 4 rings (SSSR count). The van der Waals surface area contributed by atoms with Crippen molar-refractivity contribution in [1.29, 1.82) is 0 Å². The first kappa shape index (κ1) is 22.1. The average Bonchev–Trinajstić information content (AvgIpc) is 3.51. The molecule has 1 aliphatic rings. The number of rotatable bonds is 8. The number of hydrogen-bond donors (Lipinski definition) is 1. The molecule has 1 unspecified atom stereocenters. The molecule has 1 fully saturated rings. The van der Waals surface area contributed by atoms with E-state index in [-0.39, 0.29) is 17.9 Å². The summed E-state index contributed by atoms with van der Waals surface area (Å²) in [7, 11) is 1.65. The Morgan fingerprint density at radius 3 is 2.81 bits per heavy atom. The molecular weight excluding hydrogens is 420 g/mol. The molecule has 0 bridgehead atoms. The van der Waals surface area contributed by atoms with Gasteiger partial charge in [-0.3, -0.25) is 9.59 Å². The van der Waals surface area contributed by atoms with Crippen LogP contribution in [0.5, 0.6) is 5.75 Å². The molecule has 0 saturated carbocycles. The fraction of sp³-hybridized carbons (Fsp3) is 0.308. The maximum absolute atomic E-state index is 13.3. The highest BCUT2D eigenvalue weighted by molar-refractivity contribution is 7.09. The van der Waals surface area contributed by atoms with Crippen LogP contribution in [0.1, 0.15) is 52.5 Å². The Balaban J connectivity index is 1.39. The number of thiophene rings is 1. The molecule has 2 heterocycles. The van der Waals surface area contributed by atoms with Crippen LogP contribution in [0.25, 0.3) is 0 Å². The lowest BCUT2D eigenvalue weighted by Gasteiger charge is -2.25. The number of aryl methyl sites for hydroxylation is 1. The predicted octanol–water partition coefficient (Wildman–Crippen LogP) is 5.70. The Bertz CT molecular complexity index is 1060. The third-order valence-electron chi connectivity index (χ3n) is 5.79. The van der Waals surface area contributed by atoms with E-state index in [1.807, 2.05) is 53.4 Å². The predicted molar refractivity (Wildman–Crippen MR) is 128 cm³/mol. The summed E-state index contributed by atoms with van der Waals surface area (Å²) < 4.78 is 5.35. The number of amides is 2. The van der Waals surface area contributed by atoms with E-state index in [1.165, 1.54) is 4.88 Å². The first-order chi connectivity index (χ1) is 15.6. The lowest BCUT2D eigenvalue weighted by atomic mass is 10.0. The third-order valence-corrected chi connectivity index (χ3v) is 6.73. The highest BCUT2D eigenvalue weighted by atomic mass is 32.1. The molecule has 2 aromatic carbocycles. The molecule has 1 N–H and O–H groups in total. The number of nitrogens with zero attached hydrogens (tertiary/aromatic N) is 1. The molecule has 3 aromatic rings. The average molecular weight is 449 g/mol. The molecular formula is C26H28N2O3S. The lowest BCUT2D eigenvalue weighted by molar-refractivity contribution is -0.116. The number of likely N-dealkylation sites (tertiary alicyclic amines) is 1. The van der Waals surface area contributed by atoms with Crippen LogP contribution in [0.4, 0.5) is 5.69 Å². The molecule has 5 nitrogen and oxygen atoms in total. The van der Waals surface area contributed by atoms with Crippen molar-refractivity contribution in [3.63, 3.8) is 0 Å². The zero-order valence-electron chi connectivity index (χ0n) is 18.3. The van der Waals surface area contributed by atoms with E-state index >= 15 is 0 Å². The quantitative estimate of drug-likeness (QED) is 0.481. The monoisotopic (exact) mass is 448 g/mol. The minimum Gasteiger partial charge on any atom is -0.497 e. The van der Waals surface area contributed by atoms with Gasteiger partial charge in [-0.15, -0.1) is 11.3 Å². The molecule has 1 atom stereocenters. The lowest BCUT2D eigenvalue weighted by Crippen LogP contribution is -2.30. The molecule has 0 radical (unpaired) electrons. The largest absolute Gasteiger partial charge is 0.497 e. The number of methoxy groups -OCH3 is 1. The van der Waals surface area contributed by atoms with Crippen LogP contribution in [0, 0.1) is 0 Å². The number of anilines is 1. The Hall–Kier alpha value is -3.12. The summed E-state index contributed by atoms with van der Waals surface area (Å²) in [6.45, 7) is 0.722. The third kappa shape index (κ3) is 5.37. The van der Waals surface area contributed by atoms with Crippen molar-refractivity contribution in [2.24, 2.45) is 0 Å². The van der Waals surface area contributed by atoms with Gasteiger partial charge >= 0.3 is 0 Å². The van der Waals surface area contributed by atoms with Gasteiger partial charge in [-0.1, -0.05) is 24.3 Å². The summed E-state index contributed by atoms with van der Waals surface area (Å²) in [5, 5.41) is 5.00. The molecule has 32 heavy (non-hydrogen) atoms. The van der Waals surface area contributed by atoms with Crippen LogP contribution in [0.2, 0.25) is 0 Å². The number of nitrogens with one attached hydrogen (secondary N) is 1. The number of ether oxygens (including phenoxy) is 1. The van der Waals surface area contributed by atoms with Crippen molar-refractivity contribution < 1.29 is 14.3 Å². The molecule has 1 aliphatic heterocycles. The van der Waals surface area contributed by atoms with E-state index in [0.29, 0.717) is 17.7 Å². The molecule has 1 saturated heterocycles. The van der Waals surface area contributed by atoms with Crippen LogP contribution in [-0.4, -0.2) is 30.4 Å². The zero-order chi connectivity index (χ0) is 22.3. The van der Waals surface area contributed by atoms with Gasteiger partial charge in [0.05, 0.1) is 13.2 Å². The van der Waals surface area contributed by atoms with E-state index in [0.717, 1.165) is 43.5 Å². The highest BCUT2D eigenvalue weighted by Gasteiger charge is 2.30. The molecule has 166 valence electrons. The van der Waals surface area contributed by atoms with Crippen molar-refractivity contribution in [3.05, 3.63) is 82.0 Å². The maximum atomic E-state index is 13.3. The van der Waals surface area contributed by atoms with E-state index in [2.05, 4.69) is 16.8 Å². The van der Waals surface area contributed by atoms with Crippen LogP contribution in [0.15, 0.2) is 66.0 Å². The van der Waals surface area contributed by atoms with Crippen LogP contribution in [0.3, 0.4) is 0 Å². The second-order valence-corrected chi connectivity index (χ2v) is 9.03. The summed E-state index contributed by atoms with van der Waals surface area (Å²) in [4.78, 5) is 28.9. The molecule has 0 aliphatic carbocycles. The van der Waals surface area contributed by atoms with Crippen molar-refractivity contribution >= 4 is 28.8 Å². The molecule has 0 spiro atoms. The normalized spacial score (nSPS) is 15.5. The van der Waals surface area contributed by atoms with Crippen LogP contribution in [-0.2, 0) is 11.2 Å². The zero-order valence-corrected chi connectivity index (χ0v) is 19.1. The van der Waals surface area contributed by atoms with Crippen molar-refractivity contribution in [3.8, 4) is 5.75 Å². The number of carbonyl (C=O) groups excluding carboxylic acids is 2. The number of hydrogen-bond acceptors (Lipinski definition) is 4. The van der Waals surface area contributed by atoms with E-state index < -0.39 is 0 Å². The summed E-state index contributed by atoms with van der Waals surface area (Å²) in [6.07, 6.45) is 4.07. The molecule has 2 amide bonds. The fourth-order valence-electron chi connectivity index (χ4n) is 4.20. The van der Waals surface area contributed by atoms with E-state index in [4.69, 9.17) is 4.74 Å². The van der Waals surface area contributed by atoms with Crippen molar-refractivity contribution in [2.75, 3.05) is 19.0 Å². The van der Waals surface area contributed by atoms with Crippen LogP contribution < -0.4 is 10.1 Å². The molecule has 6 heteroatoms. The summed E-state index contributed by atoms with van der Waals surface area (Å²) in [6, 6.07) is 19.3. The van der Waals surface area contributed by atoms with Gasteiger partial charge in [0.25, 0.3) is 5.91 Å². The number of carbonyl (C=O) groups is 2. The first-order valence-corrected chi connectivity index (χ1v) is 11.9. The van der Waals surface area contributed by atoms with E-state index in [1.54, 1.807) is 24.5 Å². The van der Waals surface area contributed by atoms with E-state index in [9.17, 15) is 9.59 Å². The second-order valence-electron chi connectivity index (χ2n) is 8.00. The van der Waals surface area contributed by atoms with Gasteiger partial charge in [-0.2, -0.15) is 0 Å². The van der Waals surface area contributed by atoms with Crippen molar-refractivity contribution in [1.82, 2.24) is 4.90 Å². The van der Waals surface area contributed by atoms with Gasteiger partial charge in [-0.05, 0) is 73.0 Å². The van der Waals surface area contributed by atoms with Crippen LogP contribution >= 0.6 is 11.3 Å². The Labute approximate surface area is 193 Å². The van der Waals surface area contributed by atoms with Gasteiger partial charge in [0.15, 0.2) is 0 Å². The van der Waals surface area contributed by atoms with Gasteiger partial charge in [0, 0.05) is 29.1 Å². The minimum absolute atomic E-state index is 0.0101. The maximum Gasteiger partial charge on any atom is 0.254 e.